The van der Waals surface area contributed by atoms with Gasteiger partial charge in [-0.15, -0.1) is 12.4 Å². The first-order chi connectivity index (χ1) is 11.9. The highest BCUT2D eigenvalue weighted by Crippen LogP contribution is 2.46. The summed E-state index contributed by atoms with van der Waals surface area (Å²) >= 11 is 0. The van der Waals surface area contributed by atoms with Gasteiger partial charge in [-0.1, -0.05) is 30.3 Å². The van der Waals surface area contributed by atoms with Gasteiger partial charge in [0.1, 0.15) is 0 Å². The van der Waals surface area contributed by atoms with Gasteiger partial charge >= 0.3 is 6.18 Å². The highest BCUT2D eigenvalue weighted by Gasteiger charge is 2.63. The van der Waals surface area contributed by atoms with Gasteiger partial charge in [0, 0.05) is 25.7 Å². The fourth-order valence-corrected chi connectivity index (χ4v) is 3.59. The van der Waals surface area contributed by atoms with Gasteiger partial charge in [0.05, 0.1) is 0 Å². The Morgan fingerprint density at radius 3 is 2.50 bits per heavy atom. The van der Waals surface area contributed by atoms with Gasteiger partial charge < -0.3 is 11.1 Å². The van der Waals surface area contributed by atoms with Gasteiger partial charge in [0.25, 0.3) is 0 Å². The van der Waals surface area contributed by atoms with Gasteiger partial charge in [-0.2, -0.15) is 13.2 Å². The molecule has 2 atom stereocenters. The predicted octanol–water partition coefficient (Wildman–Crippen LogP) is 2.72. The molecular weight excluding hydrogens is 367 g/mol. The Balaban J connectivity index is 0.00000243. The Morgan fingerprint density at radius 1 is 1.31 bits per heavy atom. The van der Waals surface area contributed by atoms with Crippen LogP contribution in [0.5, 0.6) is 0 Å². The standard InChI is InChI=1S/C18H24F3N3O.ClH/c19-18(20,21)17(16(25)23-15(10-22)14-6-7-14)8-9-24(12-17)11-13-4-2-1-3-5-13;/h1-5,14-15H,6-12,22H2,(H,23,25);1H. The first-order valence-electron chi connectivity index (χ1n) is 8.70. The molecule has 3 rings (SSSR count). The van der Waals surface area contributed by atoms with Gasteiger partial charge in [-0.05, 0) is 37.3 Å². The molecule has 3 N–H and O–H groups in total. The SMILES string of the molecule is Cl.NCC(NC(=O)C1(C(F)(F)F)CCN(Cc2ccccc2)C1)C1CC1. The lowest BCUT2D eigenvalue weighted by Gasteiger charge is -2.32. The number of benzene rings is 1. The van der Waals surface area contributed by atoms with E-state index in [1.54, 1.807) is 4.90 Å². The number of nitrogens with two attached hydrogens (primary N) is 1. The van der Waals surface area contributed by atoms with E-state index in [0.29, 0.717) is 6.54 Å². The highest BCUT2D eigenvalue weighted by molar-refractivity contribution is 5.85. The van der Waals surface area contributed by atoms with Crippen molar-refractivity contribution in [2.24, 2.45) is 17.1 Å². The number of nitrogens with one attached hydrogen (secondary N) is 1. The number of alkyl halides is 3. The summed E-state index contributed by atoms with van der Waals surface area (Å²) in [4.78, 5) is 14.3. The molecule has 2 fully saturated rings. The van der Waals surface area contributed by atoms with Crippen LogP contribution in [0.25, 0.3) is 0 Å². The molecule has 4 nitrogen and oxygen atoms in total. The van der Waals surface area contributed by atoms with E-state index in [9.17, 15) is 18.0 Å². The molecule has 1 heterocycles. The van der Waals surface area contributed by atoms with Gasteiger partial charge in [-0.3, -0.25) is 9.69 Å². The summed E-state index contributed by atoms with van der Waals surface area (Å²) in [6.07, 6.45) is -2.95. The van der Waals surface area contributed by atoms with E-state index in [4.69, 9.17) is 5.73 Å². The quantitative estimate of drug-likeness (QED) is 0.784. The third kappa shape index (κ3) is 4.32. The van der Waals surface area contributed by atoms with Crippen molar-refractivity contribution in [3.8, 4) is 0 Å². The van der Waals surface area contributed by atoms with Crippen molar-refractivity contribution in [3.05, 3.63) is 35.9 Å². The number of halogens is 4. The first-order valence-corrected chi connectivity index (χ1v) is 8.70. The van der Waals surface area contributed by atoms with Crippen molar-refractivity contribution in [1.82, 2.24) is 10.2 Å². The molecule has 0 aromatic heterocycles. The van der Waals surface area contributed by atoms with Gasteiger partial charge in [0.15, 0.2) is 5.41 Å². The first kappa shape index (κ1) is 21.0. The molecule has 2 unspecified atom stereocenters. The van der Waals surface area contributed by atoms with Crippen molar-refractivity contribution < 1.29 is 18.0 Å². The topological polar surface area (TPSA) is 58.4 Å². The second kappa shape index (κ2) is 8.15. The lowest BCUT2D eigenvalue weighted by atomic mass is 9.84. The van der Waals surface area contributed by atoms with Crippen LogP contribution in [0.15, 0.2) is 30.3 Å². The monoisotopic (exact) mass is 391 g/mol. The lowest BCUT2D eigenvalue weighted by molar-refractivity contribution is -0.218. The Morgan fingerprint density at radius 2 is 1.96 bits per heavy atom. The van der Waals surface area contributed by atoms with Crippen LogP contribution in [-0.2, 0) is 11.3 Å². The maximum absolute atomic E-state index is 13.8. The van der Waals surface area contributed by atoms with Crippen molar-refractivity contribution in [2.75, 3.05) is 19.6 Å². The Bertz CT molecular complexity index is 609. The molecule has 2 aliphatic rings. The van der Waals surface area contributed by atoms with E-state index >= 15 is 0 Å². The van der Waals surface area contributed by atoms with Crippen molar-refractivity contribution >= 4 is 18.3 Å². The van der Waals surface area contributed by atoms with E-state index in [1.165, 1.54) is 0 Å². The number of likely N-dealkylation sites (tertiary alicyclic amines) is 1. The summed E-state index contributed by atoms with van der Waals surface area (Å²) in [5, 5.41) is 2.59. The maximum atomic E-state index is 13.8. The fourth-order valence-electron chi connectivity index (χ4n) is 3.59. The second-order valence-corrected chi connectivity index (χ2v) is 7.18. The summed E-state index contributed by atoms with van der Waals surface area (Å²) in [5.74, 6) is -0.695. The van der Waals surface area contributed by atoms with E-state index in [-0.39, 0.29) is 50.4 Å². The Kier molecular flexibility index (Phi) is 6.58. The van der Waals surface area contributed by atoms with Gasteiger partial charge in [0.2, 0.25) is 5.91 Å². The number of hydrogen-bond acceptors (Lipinski definition) is 3. The molecule has 1 aromatic rings. The molecule has 1 saturated heterocycles. The summed E-state index contributed by atoms with van der Waals surface area (Å²) in [5.41, 5.74) is 4.24. The molecule has 8 heteroatoms. The van der Waals surface area contributed by atoms with E-state index in [1.807, 2.05) is 30.3 Å². The van der Waals surface area contributed by atoms with Crippen LogP contribution in [0.3, 0.4) is 0 Å². The Labute approximate surface area is 157 Å². The largest absolute Gasteiger partial charge is 0.404 e. The molecule has 0 spiro atoms. The minimum atomic E-state index is -4.58. The molecule has 0 radical (unpaired) electrons. The minimum Gasteiger partial charge on any atom is -0.351 e. The molecule has 1 amide bonds. The number of carbonyl (C=O) groups is 1. The third-order valence-corrected chi connectivity index (χ3v) is 5.34. The Hall–Kier alpha value is -1.31. The van der Waals surface area contributed by atoms with E-state index in [2.05, 4.69) is 5.32 Å². The van der Waals surface area contributed by atoms with Crippen molar-refractivity contribution in [2.45, 2.75) is 38.0 Å². The number of carbonyl (C=O) groups excluding carboxylic acids is 1. The number of hydrogen-bond donors (Lipinski definition) is 2. The normalized spacial score (nSPS) is 24.8. The molecule has 0 bridgehead atoms. The molecule has 1 aliphatic carbocycles. The van der Waals surface area contributed by atoms with Gasteiger partial charge in [-0.25, -0.2) is 0 Å². The van der Waals surface area contributed by atoms with Crippen LogP contribution < -0.4 is 11.1 Å². The highest BCUT2D eigenvalue weighted by atomic mass is 35.5. The van der Waals surface area contributed by atoms with Crippen LogP contribution in [0.1, 0.15) is 24.8 Å². The molecular formula is C18H25ClF3N3O. The average molecular weight is 392 g/mol. The zero-order valence-corrected chi connectivity index (χ0v) is 15.3. The summed E-state index contributed by atoms with van der Waals surface area (Å²) in [7, 11) is 0. The molecule has 26 heavy (non-hydrogen) atoms. The van der Waals surface area contributed by atoms with Crippen LogP contribution in [0.4, 0.5) is 13.2 Å². The second-order valence-electron chi connectivity index (χ2n) is 7.18. The summed E-state index contributed by atoms with van der Waals surface area (Å²) in [6.45, 7) is 0.532. The molecule has 146 valence electrons. The molecule has 1 aromatic carbocycles. The predicted molar refractivity (Wildman–Crippen MR) is 95.8 cm³/mol. The maximum Gasteiger partial charge on any atom is 0.404 e. The summed E-state index contributed by atoms with van der Waals surface area (Å²) in [6, 6.07) is 8.99. The van der Waals surface area contributed by atoms with E-state index < -0.39 is 17.5 Å². The number of rotatable bonds is 6. The zero-order valence-electron chi connectivity index (χ0n) is 14.5. The number of amides is 1. The van der Waals surface area contributed by atoms with Crippen LogP contribution >= 0.6 is 12.4 Å². The van der Waals surface area contributed by atoms with Crippen LogP contribution in [0.2, 0.25) is 0 Å². The summed E-state index contributed by atoms with van der Waals surface area (Å²) < 4.78 is 41.5. The third-order valence-electron chi connectivity index (χ3n) is 5.34. The fraction of sp³-hybridized carbons (Fsp3) is 0.611. The average Bonchev–Trinajstić information content (AvgIpc) is 3.32. The van der Waals surface area contributed by atoms with Crippen LogP contribution in [-0.4, -0.2) is 42.7 Å². The minimum absolute atomic E-state index is 0. The molecule has 1 saturated carbocycles. The number of nitrogens with zero attached hydrogens (tertiary/aromatic N) is 1. The zero-order chi connectivity index (χ0) is 18.1. The van der Waals surface area contributed by atoms with Crippen molar-refractivity contribution in [1.29, 1.82) is 0 Å². The van der Waals surface area contributed by atoms with Crippen molar-refractivity contribution in [3.63, 3.8) is 0 Å². The smallest absolute Gasteiger partial charge is 0.351 e. The van der Waals surface area contributed by atoms with E-state index in [0.717, 1.165) is 18.4 Å². The van der Waals surface area contributed by atoms with Crippen LogP contribution in [0, 0.1) is 11.3 Å². The molecule has 1 aliphatic heterocycles. The lowest BCUT2D eigenvalue weighted by Crippen LogP contribution is -2.56.